The Morgan fingerprint density at radius 2 is 2.13 bits per heavy atom. The van der Waals surface area contributed by atoms with Crippen LogP contribution in [0, 0.1) is 0 Å². The average Bonchev–Trinajstić information content (AvgIpc) is 3.14. The molecule has 0 unspecified atom stereocenters. The molecule has 1 fully saturated rings. The van der Waals surface area contributed by atoms with Gasteiger partial charge in [0.15, 0.2) is 0 Å². The Labute approximate surface area is 143 Å². The van der Waals surface area contributed by atoms with Gasteiger partial charge in [-0.25, -0.2) is 9.98 Å². The molecule has 2 aliphatic heterocycles. The zero-order valence-electron chi connectivity index (χ0n) is 13.3. The molecule has 7 nitrogen and oxygen atoms in total. The van der Waals surface area contributed by atoms with Gasteiger partial charge in [0.1, 0.15) is 15.6 Å². The van der Waals surface area contributed by atoms with E-state index in [9.17, 15) is 9.59 Å². The molecule has 0 atom stereocenters. The highest BCUT2D eigenvalue weighted by molar-refractivity contribution is 8.00. The molecule has 1 spiro atoms. The Balaban J connectivity index is 1.69. The van der Waals surface area contributed by atoms with Crippen molar-refractivity contribution >= 4 is 40.9 Å². The Kier molecular flexibility index (Phi) is 4.33. The number of thioether (sulfide) groups is 1. The fraction of sp³-hybridized carbons (Fsp3) is 0.571. The van der Waals surface area contributed by atoms with Crippen LogP contribution in [0.4, 0.5) is 0 Å². The molecule has 2 aliphatic rings. The first-order chi connectivity index (χ1) is 10.9. The third-order valence-corrected chi connectivity index (χ3v) is 6.01. The Morgan fingerprint density at radius 1 is 1.43 bits per heavy atom. The molecule has 124 valence electrons. The number of likely N-dealkylation sites (tertiary alicyclic amines) is 1. The first kappa shape index (κ1) is 16.3. The third-order valence-electron chi connectivity index (χ3n) is 4.15. The predicted molar refractivity (Wildman–Crippen MR) is 91.0 cm³/mol. The van der Waals surface area contributed by atoms with Gasteiger partial charge in [-0.15, -0.1) is 11.3 Å². The molecule has 23 heavy (non-hydrogen) atoms. The minimum atomic E-state index is -0.719. The van der Waals surface area contributed by atoms with Crippen molar-refractivity contribution in [1.29, 1.82) is 0 Å². The van der Waals surface area contributed by atoms with E-state index in [0.29, 0.717) is 37.6 Å². The molecule has 0 bridgehead atoms. The van der Waals surface area contributed by atoms with Gasteiger partial charge in [0.25, 0.3) is 11.8 Å². The lowest BCUT2D eigenvalue weighted by molar-refractivity contribution is -0.125. The van der Waals surface area contributed by atoms with Gasteiger partial charge in [-0.3, -0.25) is 14.9 Å². The van der Waals surface area contributed by atoms with Crippen LogP contribution >= 0.6 is 23.1 Å². The second-order valence-electron chi connectivity index (χ2n) is 5.81. The lowest BCUT2D eigenvalue weighted by atomic mass is 9.88. The molecule has 0 aromatic carbocycles. The highest BCUT2D eigenvalue weighted by atomic mass is 32.2. The molecule has 2 amide bonds. The van der Waals surface area contributed by atoms with Crippen molar-refractivity contribution in [2.45, 2.75) is 22.7 Å². The van der Waals surface area contributed by atoms with Crippen LogP contribution in [0.3, 0.4) is 0 Å². The average molecular weight is 353 g/mol. The van der Waals surface area contributed by atoms with Gasteiger partial charge in [0.2, 0.25) is 5.96 Å². The third kappa shape index (κ3) is 2.94. The highest BCUT2D eigenvalue weighted by Gasteiger charge is 2.47. The van der Waals surface area contributed by atoms with E-state index in [2.05, 4.69) is 15.3 Å². The van der Waals surface area contributed by atoms with Gasteiger partial charge >= 0.3 is 0 Å². The molecule has 1 aromatic heterocycles. The maximum absolute atomic E-state index is 12.5. The number of hydrogen-bond donors (Lipinski definition) is 1. The summed E-state index contributed by atoms with van der Waals surface area (Å²) in [7, 11) is 3.70. The molecule has 0 aliphatic carbocycles. The summed E-state index contributed by atoms with van der Waals surface area (Å²) in [6.07, 6.45) is 3.03. The normalized spacial score (nSPS) is 19.7. The summed E-state index contributed by atoms with van der Waals surface area (Å²) in [6.45, 7) is 1.03. The van der Waals surface area contributed by atoms with Crippen LogP contribution in [0.1, 0.15) is 23.3 Å². The Bertz CT molecular complexity index is 662. The number of nitrogens with zero attached hydrogens (tertiary/aromatic N) is 4. The van der Waals surface area contributed by atoms with Crippen LogP contribution in [-0.4, -0.2) is 71.5 Å². The number of amides is 2. The number of nitrogens with one attached hydrogen (secondary N) is 1. The molecular weight excluding hydrogens is 334 g/mol. The quantitative estimate of drug-likeness (QED) is 0.799. The molecule has 3 heterocycles. The monoisotopic (exact) mass is 353 g/mol. The summed E-state index contributed by atoms with van der Waals surface area (Å²) in [4.78, 5) is 37.2. The van der Waals surface area contributed by atoms with Gasteiger partial charge in [0.05, 0.1) is 0 Å². The van der Waals surface area contributed by atoms with Crippen LogP contribution in [0.15, 0.2) is 14.7 Å². The van der Waals surface area contributed by atoms with Crippen LogP contribution in [0.25, 0.3) is 0 Å². The standard InChI is InChI=1S/C14H19N5O2S2/c1-18(2)12-16-11(21)14(17-12)4-6-19(7-5-14)10(20)9-8-23-13(15-9)22-3/h8H,4-7H2,1-3H3,(H,16,17,21). The maximum Gasteiger partial charge on any atom is 0.273 e. The number of piperidine rings is 1. The number of carbonyl (C=O) groups is 2. The maximum atomic E-state index is 12.5. The number of guanidine groups is 1. The molecule has 1 saturated heterocycles. The van der Waals surface area contributed by atoms with Gasteiger partial charge in [-0.05, 0) is 19.1 Å². The van der Waals surface area contributed by atoms with E-state index in [1.54, 1.807) is 15.2 Å². The van der Waals surface area contributed by atoms with Gasteiger partial charge < -0.3 is 9.80 Å². The van der Waals surface area contributed by atoms with Crippen LogP contribution in [0.5, 0.6) is 0 Å². The Hall–Kier alpha value is -1.61. The highest BCUT2D eigenvalue weighted by Crippen LogP contribution is 2.31. The van der Waals surface area contributed by atoms with E-state index >= 15 is 0 Å². The van der Waals surface area contributed by atoms with E-state index < -0.39 is 5.54 Å². The van der Waals surface area contributed by atoms with Crippen molar-refractivity contribution in [2.75, 3.05) is 33.4 Å². The number of rotatable bonds is 2. The number of aliphatic imine (C=N–C) groups is 1. The zero-order chi connectivity index (χ0) is 16.6. The number of carbonyl (C=O) groups excluding carboxylic acids is 2. The molecule has 3 rings (SSSR count). The van der Waals surface area contributed by atoms with Crippen molar-refractivity contribution < 1.29 is 9.59 Å². The van der Waals surface area contributed by atoms with Crippen LogP contribution in [0.2, 0.25) is 0 Å². The molecule has 1 N–H and O–H groups in total. The smallest absolute Gasteiger partial charge is 0.273 e. The van der Waals surface area contributed by atoms with Gasteiger partial charge in [-0.2, -0.15) is 0 Å². The summed E-state index contributed by atoms with van der Waals surface area (Å²) < 4.78 is 0.886. The fourth-order valence-corrected chi connectivity index (χ4v) is 3.98. The number of thiazole rings is 1. The predicted octanol–water partition coefficient (Wildman–Crippen LogP) is 0.887. The zero-order valence-corrected chi connectivity index (χ0v) is 15.0. The SMILES string of the molecule is CSc1nc(C(=O)N2CCC3(CC2)N=C(N(C)C)NC3=O)cs1. The van der Waals surface area contributed by atoms with E-state index in [0.717, 1.165) is 4.34 Å². The van der Waals surface area contributed by atoms with E-state index in [1.165, 1.54) is 23.1 Å². The lowest BCUT2D eigenvalue weighted by Gasteiger charge is -2.35. The minimum absolute atomic E-state index is 0.0633. The topological polar surface area (TPSA) is 77.9 Å². The van der Waals surface area contributed by atoms with Crippen molar-refractivity contribution in [3.8, 4) is 0 Å². The van der Waals surface area contributed by atoms with Crippen molar-refractivity contribution in [2.24, 2.45) is 4.99 Å². The molecule has 0 saturated carbocycles. The molecular formula is C14H19N5O2S2. The summed E-state index contributed by atoms with van der Waals surface area (Å²) in [5.41, 5.74) is -0.230. The van der Waals surface area contributed by atoms with Crippen molar-refractivity contribution in [1.82, 2.24) is 20.1 Å². The molecule has 0 radical (unpaired) electrons. The number of aromatic nitrogens is 1. The second kappa shape index (κ2) is 6.12. The van der Waals surface area contributed by atoms with E-state index in [1.807, 2.05) is 20.4 Å². The number of hydrogen-bond acceptors (Lipinski definition) is 7. The first-order valence-corrected chi connectivity index (χ1v) is 9.43. The summed E-state index contributed by atoms with van der Waals surface area (Å²) in [5.74, 6) is 0.470. The first-order valence-electron chi connectivity index (χ1n) is 7.32. The van der Waals surface area contributed by atoms with E-state index in [-0.39, 0.29) is 11.8 Å². The van der Waals surface area contributed by atoms with Crippen LogP contribution < -0.4 is 5.32 Å². The van der Waals surface area contributed by atoms with E-state index in [4.69, 9.17) is 0 Å². The summed E-state index contributed by atoms with van der Waals surface area (Å²) in [6, 6.07) is 0. The summed E-state index contributed by atoms with van der Waals surface area (Å²) >= 11 is 3.01. The second-order valence-corrected chi connectivity index (χ2v) is 7.72. The fourth-order valence-electron chi connectivity index (χ4n) is 2.74. The largest absolute Gasteiger partial charge is 0.349 e. The molecule has 1 aromatic rings. The van der Waals surface area contributed by atoms with Gasteiger partial charge in [-0.1, -0.05) is 11.8 Å². The molecule has 9 heteroatoms. The van der Waals surface area contributed by atoms with Crippen LogP contribution in [-0.2, 0) is 4.79 Å². The van der Waals surface area contributed by atoms with Gasteiger partial charge in [0, 0.05) is 32.6 Å². The minimum Gasteiger partial charge on any atom is -0.349 e. The lowest BCUT2D eigenvalue weighted by Crippen LogP contribution is -2.50. The van der Waals surface area contributed by atoms with Crippen molar-refractivity contribution in [3.63, 3.8) is 0 Å². The summed E-state index contributed by atoms with van der Waals surface area (Å²) in [5, 5.41) is 4.62. The Morgan fingerprint density at radius 3 is 2.65 bits per heavy atom. The van der Waals surface area contributed by atoms with Crippen molar-refractivity contribution in [3.05, 3.63) is 11.1 Å².